The van der Waals surface area contributed by atoms with Crippen molar-refractivity contribution in [3.8, 4) is 0 Å². The first kappa shape index (κ1) is 11.4. The van der Waals surface area contributed by atoms with Gasteiger partial charge >= 0.3 is 0 Å². The summed E-state index contributed by atoms with van der Waals surface area (Å²) in [5.41, 5.74) is 1.32. The average Bonchev–Trinajstić information content (AvgIpc) is 2.27. The Morgan fingerprint density at radius 1 is 0.938 bits per heavy atom. The molecule has 0 aliphatic carbocycles. The van der Waals surface area contributed by atoms with Gasteiger partial charge in [-0.3, -0.25) is 0 Å². The van der Waals surface area contributed by atoms with Crippen molar-refractivity contribution in [1.82, 2.24) is 0 Å². The molecule has 2 rings (SSSR count). The van der Waals surface area contributed by atoms with Crippen molar-refractivity contribution in [3.63, 3.8) is 0 Å². The van der Waals surface area contributed by atoms with Gasteiger partial charge in [-0.25, -0.2) is 0 Å². The van der Waals surface area contributed by atoms with E-state index in [4.69, 9.17) is 0 Å². The molecular formula is C14H18NP. The molecule has 0 saturated carbocycles. The van der Waals surface area contributed by atoms with Gasteiger partial charge in [0, 0.05) is 25.2 Å². The largest absolute Gasteiger partial charge is 0.377 e. The fourth-order valence-corrected chi connectivity index (χ4v) is 3.12. The molecule has 0 amide bonds. The summed E-state index contributed by atoms with van der Waals surface area (Å²) in [6.45, 7) is 4.63. The molecule has 0 heterocycles. The maximum Gasteiger partial charge on any atom is 0.0447 e. The third-order valence-electron chi connectivity index (χ3n) is 2.82. The Morgan fingerprint density at radius 3 is 2.12 bits per heavy atom. The third kappa shape index (κ3) is 1.92. The lowest BCUT2D eigenvalue weighted by atomic mass is 10.1. The highest BCUT2D eigenvalue weighted by molar-refractivity contribution is 7.64. The van der Waals surface area contributed by atoms with E-state index in [0.29, 0.717) is 0 Å². The van der Waals surface area contributed by atoms with Crippen LogP contribution in [0.3, 0.4) is 0 Å². The molecule has 0 aliphatic rings. The molecular weight excluding hydrogens is 213 g/mol. The summed E-state index contributed by atoms with van der Waals surface area (Å²) in [5, 5.41) is 4.27. The molecule has 0 N–H and O–H groups in total. The molecule has 0 bridgehead atoms. The van der Waals surface area contributed by atoms with Crippen molar-refractivity contribution < 1.29 is 0 Å². The minimum absolute atomic E-state index is 0.0630. The zero-order valence-corrected chi connectivity index (χ0v) is 11.3. The topological polar surface area (TPSA) is 3.24 Å². The number of benzene rings is 2. The Labute approximate surface area is 98.8 Å². The van der Waals surface area contributed by atoms with Crippen molar-refractivity contribution in [2.24, 2.45) is 0 Å². The summed E-state index contributed by atoms with van der Waals surface area (Å²) in [7, 11) is 4.16. The van der Waals surface area contributed by atoms with E-state index < -0.39 is 0 Å². The Bertz CT molecular complexity index is 460. The van der Waals surface area contributed by atoms with Gasteiger partial charge in [-0.1, -0.05) is 38.3 Å². The van der Waals surface area contributed by atoms with Crippen LogP contribution in [0.5, 0.6) is 0 Å². The molecule has 0 aromatic heterocycles. The van der Waals surface area contributed by atoms with E-state index in [1.54, 1.807) is 0 Å². The minimum Gasteiger partial charge on any atom is -0.377 e. The quantitative estimate of drug-likeness (QED) is 0.717. The lowest BCUT2D eigenvalue weighted by Gasteiger charge is -2.19. The van der Waals surface area contributed by atoms with Gasteiger partial charge in [-0.05, 0) is 30.1 Å². The van der Waals surface area contributed by atoms with Gasteiger partial charge in [-0.15, -0.1) is 0 Å². The molecule has 2 aromatic carbocycles. The number of nitrogens with zero attached hydrogens (tertiary/aromatic N) is 1. The molecule has 0 atom stereocenters. The molecule has 0 spiro atoms. The number of fused-ring (bicyclic) bond motifs is 1. The van der Waals surface area contributed by atoms with E-state index in [9.17, 15) is 0 Å². The highest BCUT2D eigenvalue weighted by Crippen LogP contribution is 2.33. The maximum absolute atomic E-state index is 2.32. The van der Waals surface area contributed by atoms with E-state index >= 15 is 0 Å². The highest BCUT2D eigenvalue weighted by Gasteiger charge is 2.09. The maximum atomic E-state index is 2.32. The second-order valence-electron chi connectivity index (χ2n) is 4.44. The van der Waals surface area contributed by atoms with Gasteiger partial charge in [0.1, 0.15) is 0 Å². The normalized spacial score (nSPS) is 11.1. The second kappa shape index (κ2) is 4.43. The lowest BCUT2D eigenvalue weighted by Crippen LogP contribution is -2.12. The Balaban J connectivity index is 2.82. The molecule has 2 heteroatoms. The number of anilines is 1. The highest BCUT2D eigenvalue weighted by atomic mass is 31.1. The van der Waals surface area contributed by atoms with E-state index in [1.165, 1.54) is 21.8 Å². The van der Waals surface area contributed by atoms with Crippen LogP contribution in [0.4, 0.5) is 5.69 Å². The van der Waals surface area contributed by atoms with Crippen molar-refractivity contribution in [3.05, 3.63) is 36.4 Å². The molecule has 0 unspecified atom stereocenters. The smallest absolute Gasteiger partial charge is 0.0447 e. The molecule has 1 nitrogen and oxygen atoms in total. The van der Waals surface area contributed by atoms with Crippen LogP contribution in [0.15, 0.2) is 36.4 Å². The van der Waals surface area contributed by atoms with Crippen LogP contribution in [-0.2, 0) is 0 Å². The predicted octanol–water partition coefficient (Wildman–Crippen LogP) is 3.27. The van der Waals surface area contributed by atoms with E-state index in [2.05, 4.69) is 68.7 Å². The SMILES string of the molecule is CN(C)c1cccc2cccc(P(C)C)c12. The van der Waals surface area contributed by atoms with Crippen molar-refractivity contribution in [1.29, 1.82) is 0 Å². The number of hydrogen-bond acceptors (Lipinski definition) is 1. The number of rotatable bonds is 2. The third-order valence-corrected chi connectivity index (χ3v) is 4.16. The van der Waals surface area contributed by atoms with Gasteiger partial charge < -0.3 is 4.90 Å². The van der Waals surface area contributed by atoms with Gasteiger partial charge in [0.25, 0.3) is 0 Å². The fourth-order valence-electron chi connectivity index (χ4n) is 2.05. The molecule has 84 valence electrons. The van der Waals surface area contributed by atoms with Gasteiger partial charge in [0.2, 0.25) is 0 Å². The predicted molar refractivity (Wildman–Crippen MR) is 76.7 cm³/mol. The Morgan fingerprint density at radius 2 is 1.56 bits per heavy atom. The summed E-state index contributed by atoms with van der Waals surface area (Å²) in [5.74, 6) is 0. The molecule has 0 fully saturated rings. The van der Waals surface area contributed by atoms with Gasteiger partial charge in [0.15, 0.2) is 0 Å². The van der Waals surface area contributed by atoms with Crippen LogP contribution in [0.2, 0.25) is 0 Å². The molecule has 16 heavy (non-hydrogen) atoms. The van der Waals surface area contributed by atoms with Gasteiger partial charge in [-0.2, -0.15) is 0 Å². The van der Waals surface area contributed by atoms with Crippen molar-refractivity contribution in [2.75, 3.05) is 32.3 Å². The summed E-state index contributed by atoms with van der Waals surface area (Å²) in [4.78, 5) is 2.20. The zero-order chi connectivity index (χ0) is 11.7. The lowest BCUT2D eigenvalue weighted by molar-refractivity contribution is 1.14. The van der Waals surface area contributed by atoms with E-state index in [1.807, 2.05) is 0 Å². The molecule has 0 saturated heterocycles. The van der Waals surface area contributed by atoms with E-state index in [-0.39, 0.29) is 7.92 Å². The van der Waals surface area contributed by atoms with Crippen LogP contribution in [0, 0.1) is 0 Å². The first-order chi connectivity index (χ1) is 7.61. The Kier molecular flexibility index (Phi) is 3.16. The summed E-state index contributed by atoms with van der Waals surface area (Å²) in [6, 6.07) is 13.2. The fraction of sp³-hybridized carbons (Fsp3) is 0.286. The summed E-state index contributed by atoms with van der Waals surface area (Å²) in [6.07, 6.45) is 0. The van der Waals surface area contributed by atoms with Crippen molar-refractivity contribution in [2.45, 2.75) is 0 Å². The first-order valence-electron chi connectivity index (χ1n) is 5.47. The van der Waals surface area contributed by atoms with Crippen LogP contribution in [0.25, 0.3) is 10.8 Å². The zero-order valence-electron chi connectivity index (χ0n) is 10.4. The molecule has 0 radical (unpaired) electrons. The minimum atomic E-state index is -0.0630. The average molecular weight is 231 g/mol. The molecule has 0 aliphatic heterocycles. The first-order valence-corrected chi connectivity index (χ1v) is 7.71. The second-order valence-corrected chi connectivity index (χ2v) is 6.71. The monoisotopic (exact) mass is 231 g/mol. The summed E-state index contributed by atoms with van der Waals surface area (Å²) >= 11 is 0. The van der Waals surface area contributed by atoms with Crippen molar-refractivity contribution >= 4 is 29.7 Å². The van der Waals surface area contributed by atoms with Crippen LogP contribution in [0.1, 0.15) is 0 Å². The summed E-state index contributed by atoms with van der Waals surface area (Å²) < 4.78 is 0. The molecule has 2 aromatic rings. The Hall–Kier alpha value is -1.07. The van der Waals surface area contributed by atoms with E-state index in [0.717, 1.165) is 0 Å². The van der Waals surface area contributed by atoms with Gasteiger partial charge in [0.05, 0.1) is 0 Å². The van der Waals surface area contributed by atoms with Crippen LogP contribution >= 0.6 is 7.92 Å². The standard InChI is InChI=1S/C14H18NP/c1-15(2)12-9-5-7-11-8-6-10-13(14(11)12)16(3)4/h5-10H,1-4H3. The van der Waals surface area contributed by atoms with Crippen LogP contribution in [-0.4, -0.2) is 27.4 Å². The number of hydrogen-bond donors (Lipinski definition) is 0. The van der Waals surface area contributed by atoms with Crippen LogP contribution < -0.4 is 10.2 Å².